The van der Waals surface area contributed by atoms with Gasteiger partial charge in [-0.25, -0.2) is 32.7 Å². The number of carboxylic acid groups (broad SMARTS) is 2. The monoisotopic (exact) mass is 880 g/mol. The fourth-order valence-electron chi connectivity index (χ4n) is 5.77. The third kappa shape index (κ3) is 8.40. The van der Waals surface area contributed by atoms with Gasteiger partial charge in [0.1, 0.15) is 17.5 Å². The summed E-state index contributed by atoms with van der Waals surface area (Å²) in [4.78, 5) is 58.1. The largest absolute Gasteiger partial charge is 0.478 e. The first-order valence-corrected chi connectivity index (χ1v) is 20.5. The molecule has 8 nitrogen and oxygen atoms in total. The highest BCUT2D eigenvalue weighted by molar-refractivity contribution is 7.20. The Morgan fingerprint density at radius 3 is 1.54 bits per heavy atom. The SMILES string of the molecule is O=C(Cc1csc(-c2ccc(Cl)cc2)c1C(=O)O)c1nc2cccc(F)c2s1.O=C(Cc1csc(-c2ccc(Cl)cc2F)c1C(=O)O)c1nc2cccc(F)c2s1. The summed E-state index contributed by atoms with van der Waals surface area (Å²) in [7, 11) is 0. The van der Waals surface area contributed by atoms with Crippen LogP contribution >= 0.6 is 68.5 Å². The fraction of sp³-hybridized carbons (Fsp3) is 0.0500. The van der Waals surface area contributed by atoms with E-state index in [9.17, 15) is 42.6 Å². The first-order valence-electron chi connectivity index (χ1n) is 16.3. The molecule has 17 heteroatoms. The van der Waals surface area contributed by atoms with Crippen molar-refractivity contribution in [2.24, 2.45) is 0 Å². The minimum absolute atomic E-state index is 0.0897. The Morgan fingerprint density at radius 1 is 0.596 bits per heavy atom. The molecule has 0 amide bonds. The number of Topliss-reactive ketones (excluding diaryl/α,β-unsaturated/α-hetero) is 2. The van der Waals surface area contributed by atoms with Crippen molar-refractivity contribution < 1.29 is 42.6 Å². The van der Waals surface area contributed by atoms with E-state index in [0.29, 0.717) is 36.8 Å². The number of benzene rings is 4. The summed E-state index contributed by atoms with van der Waals surface area (Å²) >= 11 is 15.8. The average Bonchev–Trinajstić information content (AvgIpc) is 3.98. The summed E-state index contributed by atoms with van der Waals surface area (Å²) in [5.74, 6) is -4.71. The Morgan fingerprint density at radius 2 is 1.07 bits per heavy atom. The first kappa shape index (κ1) is 39.9. The Bertz CT molecular complexity index is 2890. The zero-order valence-electron chi connectivity index (χ0n) is 28.5. The predicted octanol–water partition coefficient (Wildman–Crippen LogP) is 12.0. The van der Waals surface area contributed by atoms with Crippen molar-refractivity contribution in [3.63, 3.8) is 0 Å². The number of fused-ring (bicyclic) bond motifs is 2. The predicted molar refractivity (Wildman–Crippen MR) is 219 cm³/mol. The van der Waals surface area contributed by atoms with Crippen LogP contribution in [0.1, 0.15) is 51.4 Å². The van der Waals surface area contributed by atoms with Crippen molar-refractivity contribution in [2.75, 3.05) is 0 Å². The number of hydrogen-bond donors (Lipinski definition) is 2. The number of thiazole rings is 2. The second kappa shape index (κ2) is 16.7. The number of nitrogens with zero attached hydrogens (tertiary/aromatic N) is 2. The zero-order chi connectivity index (χ0) is 40.5. The lowest BCUT2D eigenvalue weighted by atomic mass is 10.0. The van der Waals surface area contributed by atoms with Crippen molar-refractivity contribution in [3.8, 4) is 20.9 Å². The van der Waals surface area contributed by atoms with E-state index in [1.807, 2.05) is 0 Å². The highest BCUT2D eigenvalue weighted by atomic mass is 35.5. The quantitative estimate of drug-likeness (QED) is 0.130. The van der Waals surface area contributed by atoms with Crippen LogP contribution in [0, 0.1) is 17.5 Å². The molecule has 0 radical (unpaired) electrons. The van der Waals surface area contributed by atoms with Gasteiger partial charge in [-0.15, -0.1) is 45.3 Å². The van der Waals surface area contributed by atoms with E-state index in [2.05, 4.69) is 9.97 Å². The summed E-state index contributed by atoms with van der Waals surface area (Å²) in [5.41, 5.74) is 2.20. The van der Waals surface area contributed by atoms with Crippen LogP contribution in [0.15, 0.2) is 89.6 Å². The fourth-order valence-corrected chi connectivity index (χ4v) is 10.0. The van der Waals surface area contributed by atoms with Crippen molar-refractivity contribution >= 4 is 112 Å². The van der Waals surface area contributed by atoms with Gasteiger partial charge in [0.15, 0.2) is 21.6 Å². The van der Waals surface area contributed by atoms with E-state index in [0.717, 1.165) is 40.1 Å². The second-order valence-corrected chi connectivity index (χ2v) is 16.7. The van der Waals surface area contributed by atoms with E-state index < -0.39 is 35.2 Å². The van der Waals surface area contributed by atoms with E-state index in [1.54, 1.807) is 41.8 Å². The number of carboxylic acids is 2. The molecular formula is C40H21Cl2F3N2O6S4. The Balaban J connectivity index is 0.000000174. The van der Waals surface area contributed by atoms with Crippen molar-refractivity contribution in [1.82, 2.24) is 9.97 Å². The molecule has 0 saturated heterocycles. The van der Waals surface area contributed by atoms with E-state index >= 15 is 0 Å². The molecule has 0 bridgehead atoms. The van der Waals surface area contributed by atoms with Gasteiger partial charge in [0.05, 0.1) is 36.4 Å². The van der Waals surface area contributed by atoms with Gasteiger partial charge in [0.2, 0.25) is 0 Å². The molecule has 0 unspecified atom stereocenters. The number of aromatic nitrogens is 2. The molecule has 2 N–H and O–H groups in total. The molecular weight excluding hydrogens is 861 g/mol. The normalized spacial score (nSPS) is 11.1. The van der Waals surface area contributed by atoms with Gasteiger partial charge >= 0.3 is 11.9 Å². The Hall–Kier alpha value is -5.29. The molecule has 0 aliphatic heterocycles. The molecule has 0 aliphatic carbocycles. The van der Waals surface area contributed by atoms with Gasteiger partial charge in [-0.1, -0.05) is 47.5 Å². The van der Waals surface area contributed by atoms with Crippen LogP contribution in [-0.4, -0.2) is 43.7 Å². The highest BCUT2D eigenvalue weighted by Gasteiger charge is 2.26. The number of carbonyl (C=O) groups excluding carboxylic acids is 2. The van der Waals surface area contributed by atoms with E-state index in [1.165, 1.54) is 53.1 Å². The summed E-state index contributed by atoms with van der Waals surface area (Å²) < 4.78 is 42.6. The van der Waals surface area contributed by atoms with Gasteiger partial charge in [0, 0.05) is 33.3 Å². The topological polar surface area (TPSA) is 135 Å². The van der Waals surface area contributed by atoms with Crippen molar-refractivity contribution in [2.45, 2.75) is 12.8 Å². The number of carbonyl (C=O) groups is 4. The van der Waals surface area contributed by atoms with Gasteiger partial charge in [-0.2, -0.15) is 0 Å². The maximum absolute atomic E-state index is 14.3. The molecule has 0 atom stereocenters. The Kier molecular flexibility index (Phi) is 11.7. The molecule has 8 aromatic rings. The number of thiophene rings is 2. The standard InChI is InChI=1S/C20H10ClF2NO3S2.C20H11ClFNO3S2/c21-10-4-5-11(13(23)7-10)17-16(20(26)27)9(8-28-17)6-15(25)19-24-14-3-1-2-12(22)18(14)29-19;21-12-6-4-10(5-7-12)17-16(20(25)26)11(9-27-17)8-15(24)19-23-14-3-1-2-13(22)18(14)28-19/h1-5,7-8H,6H2,(H,26,27);1-7,9H,8H2,(H,25,26). The van der Waals surface area contributed by atoms with Crippen LogP contribution in [0.5, 0.6) is 0 Å². The third-order valence-electron chi connectivity index (χ3n) is 8.36. The van der Waals surface area contributed by atoms with Gasteiger partial charge in [-0.05, 0) is 82.0 Å². The molecule has 4 aromatic heterocycles. The molecule has 57 heavy (non-hydrogen) atoms. The van der Waals surface area contributed by atoms with Crippen LogP contribution in [-0.2, 0) is 12.8 Å². The molecule has 0 fully saturated rings. The minimum Gasteiger partial charge on any atom is -0.478 e. The van der Waals surface area contributed by atoms with Crippen LogP contribution in [0.3, 0.4) is 0 Å². The maximum Gasteiger partial charge on any atom is 0.337 e. The smallest absolute Gasteiger partial charge is 0.337 e. The van der Waals surface area contributed by atoms with E-state index in [-0.39, 0.29) is 65.5 Å². The second-order valence-electron chi connectivity index (χ2n) is 12.1. The first-order chi connectivity index (χ1) is 27.3. The molecule has 0 spiro atoms. The Labute approximate surface area is 346 Å². The van der Waals surface area contributed by atoms with Crippen LogP contribution < -0.4 is 0 Å². The molecule has 0 saturated carbocycles. The lowest BCUT2D eigenvalue weighted by Gasteiger charge is -2.05. The molecule has 8 rings (SSSR count). The number of hydrogen-bond acceptors (Lipinski definition) is 10. The average molecular weight is 882 g/mol. The van der Waals surface area contributed by atoms with Crippen molar-refractivity contribution in [1.29, 1.82) is 0 Å². The summed E-state index contributed by atoms with van der Waals surface area (Å²) in [6, 6.07) is 19.7. The molecule has 0 aliphatic rings. The molecule has 4 aromatic carbocycles. The third-order valence-corrected chi connectivity index (χ3v) is 13.2. The van der Waals surface area contributed by atoms with Crippen molar-refractivity contribution in [3.05, 3.63) is 149 Å². The number of ketones is 2. The lowest BCUT2D eigenvalue weighted by Crippen LogP contribution is -2.07. The summed E-state index contributed by atoms with van der Waals surface area (Å²) in [5, 5.41) is 23.5. The minimum atomic E-state index is -1.27. The van der Waals surface area contributed by atoms with Gasteiger partial charge < -0.3 is 10.2 Å². The summed E-state index contributed by atoms with van der Waals surface area (Å²) in [6.07, 6.45) is -0.359. The zero-order valence-corrected chi connectivity index (χ0v) is 33.3. The van der Waals surface area contributed by atoms with E-state index in [4.69, 9.17) is 23.2 Å². The summed E-state index contributed by atoms with van der Waals surface area (Å²) in [6.45, 7) is 0. The highest BCUT2D eigenvalue weighted by Crippen LogP contribution is 2.38. The number of rotatable bonds is 10. The number of aromatic carboxylic acids is 2. The van der Waals surface area contributed by atoms with Crippen LogP contribution in [0.2, 0.25) is 10.0 Å². The maximum atomic E-state index is 14.3. The lowest BCUT2D eigenvalue weighted by molar-refractivity contribution is 0.0685. The number of halogens is 5. The molecule has 4 heterocycles. The van der Waals surface area contributed by atoms with Gasteiger partial charge in [-0.3, -0.25) is 9.59 Å². The van der Waals surface area contributed by atoms with Gasteiger partial charge in [0.25, 0.3) is 0 Å². The van der Waals surface area contributed by atoms with Crippen LogP contribution in [0.25, 0.3) is 41.3 Å². The molecule has 286 valence electrons. The van der Waals surface area contributed by atoms with Crippen LogP contribution in [0.4, 0.5) is 13.2 Å².